The number of nitrogens with one attached hydrogen (secondary N) is 1. The summed E-state index contributed by atoms with van der Waals surface area (Å²) >= 11 is 12.0. The van der Waals surface area contributed by atoms with Gasteiger partial charge in [-0.05, 0) is 25.2 Å². The largest absolute Gasteiger partial charge is 0.364 e. The lowest BCUT2D eigenvalue weighted by Crippen LogP contribution is -2.47. The van der Waals surface area contributed by atoms with Gasteiger partial charge in [0, 0.05) is 45.1 Å². The molecule has 142 valence electrons. The maximum absolute atomic E-state index is 12.7. The minimum Gasteiger partial charge on any atom is -0.364 e. The number of hydrogen-bond acceptors (Lipinski definition) is 5. The molecule has 0 radical (unpaired) electrons. The number of hydrogen-bond donors (Lipinski definition) is 1. The SMILES string of the molecule is CN1CCN(S(=O)(=O)c2ccc(NCc3cc(Cl)c(Cl)n3C)nc2)CC1. The predicted molar refractivity (Wildman–Crippen MR) is 103 cm³/mol. The second-order valence-electron chi connectivity index (χ2n) is 6.27. The maximum Gasteiger partial charge on any atom is 0.244 e. The lowest BCUT2D eigenvalue weighted by atomic mass is 10.4. The van der Waals surface area contributed by atoms with Gasteiger partial charge in [0.25, 0.3) is 0 Å². The van der Waals surface area contributed by atoms with E-state index in [4.69, 9.17) is 23.2 Å². The van der Waals surface area contributed by atoms with E-state index in [1.807, 2.05) is 14.1 Å². The van der Waals surface area contributed by atoms with Crippen molar-refractivity contribution < 1.29 is 8.42 Å². The highest BCUT2D eigenvalue weighted by Crippen LogP contribution is 2.25. The Morgan fingerprint density at radius 2 is 1.85 bits per heavy atom. The van der Waals surface area contributed by atoms with Crippen LogP contribution in [0.4, 0.5) is 5.82 Å². The summed E-state index contributed by atoms with van der Waals surface area (Å²) in [7, 11) is 0.308. The molecule has 3 heterocycles. The Bertz CT molecular complexity index is 875. The summed E-state index contributed by atoms with van der Waals surface area (Å²) < 4.78 is 28.7. The monoisotopic (exact) mass is 417 g/mol. The van der Waals surface area contributed by atoms with Crippen molar-refractivity contribution in [1.29, 1.82) is 0 Å². The van der Waals surface area contributed by atoms with Crippen LogP contribution in [0.25, 0.3) is 0 Å². The van der Waals surface area contributed by atoms with Crippen molar-refractivity contribution in [3.05, 3.63) is 40.3 Å². The number of sulfonamides is 1. The minimum atomic E-state index is -3.50. The van der Waals surface area contributed by atoms with Gasteiger partial charge >= 0.3 is 0 Å². The van der Waals surface area contributed by atoms with Crippen LogP contribution < -0.4 is 5.32 Å². The van der Waals surface area contributed by atoms with E-state index in [2.05, 4.69) is 15.2 Å². The van der Waals surface area contributed by atoms with Crippen molar-refractivity contribution in [2.24, 2.45) is 7.05 Å². The van der Waals surface area contributed by atoms with Gasteiger partial charge in [-0.2, -0.15) is 4.31 Å². The summed E-state index contributed by atoms with van der Waals surface area (Å²) in [6, 6.07) is 5.02. The fourth-order valence-corrected chi connectivity index (χ4v) is 4.54. The summed E-state index contributed by atoms with van der Waals surface area (Å²) in [5.74, 6) is 0.579. The van der Waals surface area contributed by atoms with Gasteiger partial charge in [-0.15, -0.1) is 0 Å². The van der Waals surface area contributed by atoms with Crippen LogP contribution in [0.5, 0.6) is 0 Å². The molecule has 1 aliphatic heterocycles. The normalized spacial score (nSPS) is 16.8. The number of aromatic nitrogens is 2. The van der Waals surface area contributed by atoms with Crippen molar-refractivity contribution >= 4 is 39.0 Å². The van der Waals surface area contributed by atoms with Crippen LogP contribution in [0.2, 0.25) is 10.2 Å². The molecule has 0 bridgehead atoms. The average Bonchev–Trinajstić information content (AvgIpc) is 2.87. The number of likely N-dealkylation sites (N-methyl/N-ethyl adjacent to an activating group) is 1. The summed E-state index contributed by atoms with van der Waals surface area (Å²) in [6.45, 7) is 2.92. The topological polar surface area (TPSA) is 70.5 Å². The first kappa shape index (κ1) is 19.4. The molecule has 7 nitrogen and oxygen atoms in total. The van der Waals surface area contributed by atoms with E-state index in [1.165, 1.54) is 10.5 Å². The Hall–Kier alpha value is -1.32. The lowest BCUT2D eigenvalue weighted by Gasteiger charge is -2.31. The molecule has 0 atom stereocenters. The standard InChI is InChI=1S/C16H21Cl2N5O2S/c1-21-5-7-23(8-6-21)26(24,25)13-3-4-15(20-11-13)19-10-12-9-14(17)16(18)22(12)2/h3-4,9,11H,5-8,10H2,1-2H3,(H,19,20). The molecule has 0 spiro atoms. The minimum absolute atomic E-state index is 0.206. The molecule has 0 aliphatic carbocycles. The van der Waals surface area contributed by atoms with Crippen molar-refractivity contribution in [2.45, 2.75) is 11.4 Å². The summed E-state index contributed by atoms with van der Waals surface area (Å²) in [6.07, 6.45) is 1.39. The Morgan fingerprint density at radius 1 is 1.15 bits per heavy atom. The third kappa shape index (κ3) is 3.99. The number of pyridine rings is 1. The summed E-state index contributed by atoms with van der Waals surface area (Å²) in [4.78, 5) is 6.54. The maximum atomic E-state index is 12.7. The third-order valence-electron chi connectivity index (χ3n) is 4.50. The van der Waals surface area contributed by atoms with Gasteiger partial charge < -0.3 is 14.8 Å². The van der Waals surface area contributed by atoms with Gasteiger partial charge in [-0.1, -0.05) is 23.2 Å². The molecule has 26 heavy (non-hydrogen) atoms. The zero-order valence-corrected chi connectivity index (χ0v) is 16.9. The number of piperazine rings is 1. The number of rotatable bonds is 5. The lowest BCUT2D eigenvalue weighted by molar-refractivity contribution is 0.222. The van der Waals surface area contributed by atoms with Gasteiger partial charge in [0.15, 0.2) is 0 Å². The fourth-order valence-electron chi connectivity index (χ4n) is 2.75. The van der Waals surface area contributed by atoms with Gasteiger partial charge in [0.1, 0.15) is 15.9 Å². The highest BCUT2D eigenvalue weighted by molar-refractivity contribution is 7.89. The van der Waals surface area contributed by atoms with Crippen molar-refractivity contribution in [3.8, 4) is 0 Å². The molecule has 0 aromatic carbocycles. The van der Waals surface area contributed by atoms with Gasteiger partial charge in [0.05, 0.1) is 11.6 Å². The second-order valence-corrected chi connectivity index (χ2v) is 8.98. The van der Waals surface area contributed by atoms with Crippen LogP contribution in [-0.2, 0) is 23.6 Å². The predicted octanol–water partition coefficient (Wildman–Crippen LogP) is 2.28. The van der Waals surface area contributed by atoms with E-state index >= 15 is 0 Å². The number of anilines is 1. The molecular formula is C16H21Cl2N5O2S. The highest BCUT2D eigenvalue weighted by Gasteiger charge is 2.27. The van der Waals surface area contributed by atoms with Crippen LogP contribution in [0, 0.1) is 0 Å². The van der Waals surface area contributed by atoms with Crippen LogP contribution in [-0.4, -0.2) is 60.4 Å². The Morgan fingerprint density at radius 3 is 2.38 bits per heavy atom. The van der Waals surface area contributed by atoms with Gasteiger partial charge in [0.2, 0.25) is 10.0 Å². The molecule has 1 saturated heterocycles. The molecule has 0 saturated carbocycles. The second kappa shape index (κ2) is 7.74. The zero-order valence-electron chi connectivity index (χ0n) is 14.6. The van der Waals surface area contributed by atoms with Gasteiger partial charge in [-0.3, -0.25) is 0 Å². The molecule has 1 aliphatic rings. The van der Waals surface area contributed by atoms with E-state index in [0.717, 1.165) is 18.8 Å². The zero-order chi connectivity index (χ0) is 18.9. The average molecular weight is 418 g/mol. The summed E-state index contributed by atoms with van der Waals surface area (Å²) in [5, 5.41) is 4.11. The molecule has 1 N–H and O–H groups in total. The first-order valence-electron chi connectivity index (χ1n) is 8.17. The molecule has 0 unspecified atom stereocenters. The van der Waals surface area contributed by atoms with E-state index in [0.29, 0.717) is 35.6 Å². The summed E-state index contributed by atoms with van der Waals surface area (Å²) in [5.41, 5.74) is 0.899. The molecule has 2 aromatic rings. The third-order valence-corrected chi connectivity index (χ3v) is 7.23. The Balaban J connectivity index is 1.67. The fraction of sp³-hybridized carbons (Fsp3) is 0.438. The smallest absolute Gasteiger partial charge is 0.244 e. The van der Waals surface area contributed by atoms with Crippen LogP contribution in [0.15, 0.2) is 29.3 Å². The van der Waals surface area contributed by atoms with E-state index in [1.54, 1.807) is 22.8 Å². The van der Waals surface area contributed by atoms with E-state index in [-0.39, 0.29) is 4.90 Å². The molecule has 0 amide bonds. The van der Waals surface area contributed by atoms with Crippen LogP contribution in [0.1, 0.15) is 5.69 Å². The van der Waals surface area contributed by atoms with Crippen molar-refractivity contribution in [3.63, 3.8) is 0 Å². The first-order valence-corrected chi connectivity index (χ1v) is 10.4. The number of halogens is 2. The van der Waals surface area contributed by atoms with Crippen LogP contribution in [0.3, 0.4) is 0 Å². The number of nitrogens with zero attached hydrogens (tertiary/aromatic N) is 4. The Labute approximate surface area is 163 Å². The Kier molecular flexibility index (Phi) is 5.78. The first-order chi connectivity index (χ1) is 12.3. The molecule has 1 fully saturated rings. The molecular weight excluding hydrogens is 397 g/mol. The molecule has 2 aromatic heterocycles. The van der Waals surface area contributed by atoms with Gasteiger partial charge in [-0.25, -0.2) is 13.4 Å². The highest BCUT2D eigenvalue weighted by atomic mass is 35.5. The van der Waals surface area contributed by atoms with Crippen molar-refractivity contribution in [2.75, 3.05) is 38.5 Å². The molecule has 3 rings (SSSR count). The quantitative estimate of drug-likeness (QED) is 0.807. The van der Waals surface area contributed by atoms with Crippen molar-refractivity contribution in [1.82, 2.24) is 18.8 Å². The molecule has 10 heteroatoms. The van der Waals surface area contributed by atoms with E-state index in [9.17, 15) is 8.42 Å². The van der Waals surface area contributed by atoms with E-state index < -0.39 is 10.0 Å². The van der Waals surface area contributed by atoms with Crippen LogP contribution >= 0.6 is 23.2 Å².